The summed E-state index contributed by atoms with van der Waals surface area (Å²) in [6.07, 6.45) is 0.780. The van der Waals surface area contributed by atoms with Crippen molar-refractivity contribution in [2.75, 3.05) is 0 Å². The summed E-state index contributed by atoms with van der Waals surface area (Å²) in [6.45, 7) is 0.386. The Kier molecular flexibility index (Phi) is 4.22. The molecule has 0 saturated heterocycles. The number of thioether (sulfide) groups is 1. The number of fused-ring (bicyclic) bond motifs is 2. The third kappa shape index (κ3) is 3.26. The molecule has 27 heavy (non-hydrogen) atoms. The Morgan fingerprint density at radius 1 is 1.11 bits per heavy atom. The fourth-order valence-electron chi connectivity index (χ4n) is 3.18. The van der Waals surface area contributed by atoms with E-state index in [1.807, 2.05) is 42.5 Å². The van der Waals surface area contributed by atoms with E-state index in [2.05, 4.69) is 28.5 Å². The van der Waals surface area contributed by atoms with Crippen molar-refractivity contribution in [3.8, 4) is 10.8 Å². The number of nitrogens with one attached hydrogen (secondary N) is 1. The van der Waals surface area contributed by atoms with Gasteiger partial charge in [0.25, 0.3) is 0 Å². The maximum Gasteiger partial charge on any atom is 0.234 e. The van der Waals surface area contributed by atoms with Crippen LogP contribution in [0.3, 0.4) is 0 Å². The molecule has 0 radical (unpaired) electrons. The number of carbonyl (C=O) groups excluding carboxylic acids is 1. The van der Waals surface area contributed by atoms with E-state index in [4.69, 9.17) is 4.42 Å². The Hall–Kier alpha value is -2.57. The van der Waals surface area contributed by atoms with Gasteiger partial charge >= 0.3 is 0 Å². The highest BCUT2D eigenvalue weighted by molar-refractivity contribution is 8.01. The Labute approximate surface area is 164 Å². The average Bonchev–Trinajstić information content (AvgIpc) is 3.42. The number of benzene rings is 2. The molecule has 0 unspecified atom stereocenters. The first-order chi connectivity index (χ1) is 13.3. The SMILES string of the molecule is O=C(NCc1ccc(-c2nc3ccccc3s2)o1)[C@@H]1Cc2ccccc2S1. The molecule has 0 saturated carbocycles. The van der Waals surface area contributed by atoms with E-state index >= 15 is 0 Å². The van der Waals surface area contributed by atoms with Gasteiger partial charge in [0.1, 0.15) is 5.76 Å². The molecule has 134 valence electrons. The summed E-state index contributed by atoms with van der Waals surface area (Å²) in [6, 6.07) is 20.0. The molecule has 0 fully saturated rings. The van der Waals surface area contributed by atoms with Crippen molar-refractivity contribution in [3.05, 3.63) is 72.0 Å². The minimum atomic E-state index is -0.0684. The normalized spacial score (nSPS) is 15.8. The number of hydrogen-bond donors (Lipinski definition) is 1. The zero-order valence-electron chi connectivity index (χ0n) is 14.3. The lowest BCUT2D eigenvalue weighted by atomic mass is 10.1. The van der Waals surface area contributed by atoms with Crippen LogP contribution in [0.5, 0.6) is 0 Å². The molecule has 0 bridgehead atoms. The monoisotopic (exact) mass is 392 g/mol. The summed E-state index contributed by atoms with van der Waals surface area (Å²) in [5.41, 5.74) is 2.22. The highest BCUT2D eigenvalue weighted by Gasteiger charge is 2.27. The number of hydrogen-bond acceptors (Lipinski definition) is 5. The van der Waals surface area contributed by atoms with E-state index < -0.39 is 0 Å². The van der Waals surface area contributed by atoms with E-state index in [0.29, 0.717) is 6.54 Å². The Bertz CT molecular complexity index is 1070. The summed E-state index contributed by atoms with van der Waals surface area (Å²) in [7, 11) is 0. The lowest BCUT2D eigenvalue weighted by molar-refractivity contribution is -0.120. The molecular weight excluding hydrogens is 376 g/mol. The molecular formula is C21H16N2O2S2. The minimum absolute atomic E-state index is 0.0501. The lowest BCUT2D eigenvalue weighted by Crippen LogP contribution is -2.31. The molecule has 2 aromatic carbocycles. The molecule has 4 aromatic rings. The number of furan rings is 1. The molecule has 1 atom stereocenters. The number of amides is 1. The van der Waals surface area contributed by atoms with E-state index in [9.17, 15) is 4.79 Å². The molecule has 1 aliphatic rings. The van der Waals surface area contributed by atoms with Crippen LogP contribution in [-0.2, 0) is 17.8 Å². The van der Waals surface area contributed by atoms with Crippen molar-refractivity contribution in [1.29, 1.82) is 0 Å². The van der Waals surface area contributed by atoms with Crippen LogP contribution in [0.2, 0.25) is 0 Å². The maximum absolute atomic E-state index is 12.5. The van der Waals surface area contributed by atoms with Crippen molar-refractivity contribution < 1.29 is 9.21 Å². The van der Waals surface area contributed by atoms with Crippen molar-refractivity contribution in [2.45, 2.75) is 23.1 Å². The second kappa shape index (κ2) is 6.87. The molecule has 1 aliphatic heterocycles. The van der Waals surface area contributed by atoms with Gasteiger partial charge in [-0.25, -0.2) is 4.98 Å². The van der Waals surface area contributed by atoms with Crippen molar-refractivity contribution in [2.24, 2.45) is 0 Å². The van der Waals surface area contributed by atoms with Crippen molar-refractivity contribution in [1.82, 2.24) is 10.3 Å². The zero-order chi connectivity index (χ0) is 18.2. The first-order valence-corrected chi connectivity index (χ1v) is 10.4. The van der Waals surface area contributed by atoms with Gasteiger partial charge in [0.05, 0.1) is 22.0 Å². The van der Waals surface area contributed by atoms with Crippen LogP contribution in [0.4, 0.5) is 0 Å². The third-order valence-corrected chi connectivity index (χ3v) is 6.91. The van der Waals surface area contributed by atoms with Gasteiger partial charge in [0, 0.05) is 4.90 Å². The van der Waals surface area contributed by atoms with Gasteiger partial charge < -0.3 is 9.73 Å². The van der Waals surface area contributed by atoms with Crippen LogP contribution in [0.25, 0.3) is 21.0 Å². The number of carbonyl (C=O) groups is 1. The van der Waals surface area contributed by atoms with Crippen LogP contribution >= 0.6 is 23.1 Å². The number of aromatic nitrogens is 1. The molecule has 3 heterocycles. The van der Waals surface area contributed by atoms with Crippen molar-refractivity contribution >= 4 is 39.2 Å². The lowest BCUT2D eigenvalue weighted by Gasteiger charge is -2.08. The van der Waals surface area contributed by atoms with Crippen LogP contribution in [0.1, 0.15) is 11.3 Å². The maximum atomic E-state index is 12.5. The van der Waals surface area contributed by atoms with Gasteiger partial charge in [0.2, 0.25) is 5.91 Å². The predicted molar refractivity (Wildman–Crippen MR) is 109 cm³/mol. The summed E-state index contributed by atoms with van der Waals surface area (Å²) >= 11 is 3.24. The van der Waals surface area contributed by atoms with Gasteiger partial charge in [-0.1, -0.05) is 30.3 Å². The molecule has 5 rings (SSSR count). The third-order valence-electron chi connectivity index (χ3n) is 4.54. The Morgan fingerprint density at radius 3 is 2.85 bits per heavy atom. The van der Waals surface area contributed by atoms with Crippen molar-refractivity contribution in [3.63, 3.8) is 0 Å². The number of para-hydroxylation sites is 1. The minimum Gasteiger partial charge on any atom is -0.457 e. The first kappa shape index (κ1) is 16.6. The fraction of sp³-hybridized carbons (Fsp3) is 0.143. The topological polar surface area (TPSA) is 55.1 Å². The van der Waals surface area contributed by atoms with E-state index in [-0.39, 0.29) is 11.2 Å². The summed E-state index contributed by atoms with van der Waals surface area (Å²) in [5, 5.41) is 3.79. The summed E-state index contributed by atoms with van der Waals surface area (Å²) in [4.78, 5) is 18.3. The number of nitrogens with zero attached hydrogens (tertiary/aromatic N) is 1. The molecule has 6 heteroatoms. The predicted octanol–water partition coefficient (Wildman–Crippen LogP) is 4.89. The van der Waals surface area contributed by atoms with Crippen LogP contribution < -0.4 is 5.32 Å². The molecule has 1 N–H and O–H groups in total. The van der Waals surface area contributed by atoms with Crippen LogP contribution in [0, 0.1) is 0 Å². The van der Waals surface area contributed by atoms with Gasteiger partial charge in [-0.05, 0) is 42.3 Å². The van der Waals surface area contributed by atoms with E-state index in [1.165, 1.54) is 10.5 Å². The smallest absolute Gasteiger partial charge is 0.234 e. The van der Waals surface area contributed by atoms with Crippen LogP contribution in [-0.4, -0.2) is 16.1 Å². The second-order valence-corrected chi connectivity index (χ2v) is 8.66. The highest BCUT2D eigenvalue weighted by Crippen LogP contribution is 2.37. The quantitative estimate of drug-likeness (QED) is 0.537. The summed E-state index contributed by atoms with van der Waals surface area (Å²) < 4.78 is 7.04. The van der Waals surface area contributed by atoms with Gasteiger partial charge in [0.15, 0.2) is 10.8 Å². The Morgan fingerprint density at radius 2 is 1.96 bits per heavy atom. The Balaban J connectivity index is 1.24. The molecule has 2 aromatic heterocycles. The molecule has 1 amide bonds. The van der Waals surface area contributed by atoms with Gasteiger partial charge in [-0.15, -0.1) is 23.1 Å². The molecule has 4 nitrogen and oxygen atoms in total. The van der Waals surface area contributed by atoms with Gasteiger partial charge in [-0.2, -0.15) is 0 Å². The molecule has 0 spiro atoms. The van der Waals surface area contributed by atoms with E-state index in [1.54, 1.807) is 23.1 Å². The largest absolute Gasteiger partial charge is 0.457 e. The average molecular weight is 393 g/mol. The van der Waals surface area contributed by atoms with Gasteiger partial charge in [-0.3, -0.25) is 4.79 Å². The standard InChI is InChI=1S/C21H16N2O2S2/c24-20(19-11-13-5-1-3-7-17(13)26-19)22-12-14-9-10-16(25-14)21-23-15-6-2-4-8-18(15)27-21/h1-10,19H,11-12H2,(H,22,24)/t19-/m0/s1. The number of thiazole rings is 1. The molecule has 0 aliphatic carbocycles. The van der Waals surface area contributed by atoms with Crippen LogP contribution in [0.15, 0.2) is 70.0 Å². The fourth-order valence-corrected chi connectivity index (χ4v) is 5.33. The summed E-state index contributed by atoms with van der Waals surface area (Å²) in [5.74, 6) is 1.52. The second-order valence-electron chi connectivity index (χ2n) is 6.39. The number of rotatable bonds is 4. The highest BCUT2D eigenvalue weighted by atomic mass is 32.2. The first-order valence-electron chi connectivity index (χ1n) is 8.73. The zero-order valence-corrected chi connectivity index (χ0v) is 16.0. The van der Waals surface area contributed by atoms with E-state index in [0.717, 1.165) is 33.2 Å².